The van der Waals surface area contributed by atoms with Crippen molar-refractivity contribution in [1.29, 1.82) is 0 Å². The van der Waals surface area contributed by atoms with Crippen LogP contribution in [0.15, 0.2) is 28.7 Å². The molecule has 1 aliphatic rings. The number of hydrogen-bond donors (Lipinski definition) is 2. The predicted molar refractivity (Wildman–Crippen MR) is 86.7 cm³/mol. The summed E-state index contributed by atoms with van der Waals surface area (Å²) in [6.07, 6.45) is 7.71. The zero-order valence-electron chi connectivity index (χ0n) is 12.8. The maximum atomic E-state index is 12.5. The first-order valence-electron chi connectivity index (χ1n) is 7.45. The van der Waals surface area contributed by atoms with Crippen molar-refractivity contribution < 1.29 is 8.42 Å². The molecule has 0 spiro atoms. The molecule has 0 unspecified atom stereocenters. The Bertz CT molecular complexity index is 648. The molecule has 0 heterocycles. The first-order valence-corrected chi connectivity index (χ1v) is 8.93. The maximum Gasteiger partial charge on any atom is 0.241 e. The lowest BCUT2D eigenvalue weighted by molar-refractivity contribution is 0.578. The summed E-state index contributed by atoms with van der Waals surface area (Å²) >= 11 is 0. The highest BCUT2D eigenvalue weighted by Gasteiger charge is 2.20. The minimum Gasteiger partial charge on any atom is -0.398 e. The fourth-order valence-corrected chi connectivity index (χ4v) is 4.33. The Balaban J connectivity index is 2.08. The van der Waals surface area contributed by atoms with Crippen molar-refractivity contribution in [3.8, 4) is 0 Å². The fourth-order valence-electron chi connectivity index (χ4n) is 2.81. The van der Waals surface area contributed by atoms with Crippen molar-refractivity contribution in [1.82, 2.24) is 4.72 Å². The van der Waals surface area contributed by atoms with Crippen LogP contribution >= 0.6 is 0 Å². The second-order valence-corrected chi connectivity index (χ2v) is 7.39. The molecule has 0 fully saturated rings. The molecule has 0 bridgehead atoms. The largest absolute Gasteiger partial charge is 0.398 e. The summed E-state index contributed by atoms with van der Waals surface area (Å²) in [7, 11) is -3.50. The molecule has 1 aromatic rings. The zero-order chi connectivity index (χ0) is 15.5. The predicted octanol–water partition coefficient (Wildman–Crippen LogP) is 3.05. The molecular weight excluding hydrogens is 284 g/mol. The lowest BCUT2D eigenvalue weighted by Crippen LogP contribution is -2.27. The highest BCUT2D eigenvalue weighted by atomic mass is 32.2. The van der Waals surface area contributed by atoms with Crippen molar-refractivity contribution in [2.75, 3.05) is 12.3 Å². The van der Waals surface area contributed by atoms with Gasteiger partial charge in [0.25, 0.3) is 0 Å². The Morgan fingerprint density at radius 3 is 2.67 bits per heavy atom. The fraction of sp³-hybridized carbons (Fsp3) is 0.500. The molecule has 0 aliphatic heterocycles. The summed E-state index contributed by atoms with van der Waals surface area (Å²) in [6, 6.07) is 3.50. The minimum absolute atomic E-state index is 0.320. The number of benzene rings is 1. The summed E-state index contributed by atoms with van der Waals surface area (Å²) < 4.78 is 27.7. The number of nitrogens with two attached hydrogens (primary N) is 1. The quantitative estimate of drug-likeness (QED) is 0.648. The van der Waals surface area contributed by atoms with E-state index in [0.717, 1.165) is 24.8 Å². The van der Waals surface area contributed by atoms with Gasteiger partial charge >= 0.3 is 0 Å². The molecule has 21 heavy (non-hydrogen) atoms. The van der Waals surface area contributed by atoms with Crippen molar-refractivity contribution in [2.24, 2.45) is 0 Å². The first-order chi connectivity index (χ1) is 9.92. The van der Waals surface area contributed by atoms with E-state index in [9.17, 15) is 8.42 Å². The number of hydrogen-bond acceptors (Lipinski definition) is 3. The SMILES string of the molecule is Cc1ccc(N)c(C)c1S(=O)(=O)NCCC1=CCCCC1. The Kier molecular flexibility index (Phi) is 5.06. The monoisotopic (exact) mass is 308 g/mol. The van der Waals surface area contributed by atoms with Crippen molar-refractivity contribution >= 4 is 15.7 Å². The van der Waals surface area contributed by atoms with E-state index >= 15 is 0 Å². The Morgan fingerprint density at radius 2 is 2.00 bits per heavy atom. The lowest BCUT2D eigenvalue weighted by Gasteiger charge is -2.15. The summed E-state index contributed by atoms with van der Waals surface area (Å²) in [5.41, 5.74) is 9.06. The second kappa shape index (κ2) is 6.62. The number of nitrogen functional groups attached to an aromatic ring is 1. The Labute approximate surface area is 127 Å². The molecule has 3 N–H and O–H groups in total. The number of allylic oxidation sites excluding steroid dienone is 1. The van der Waals surface area contributed by atoms with Gasteiger partial charge in [0.15, 0.2) is 0 Å². The van der Waals surface area contributed by atoms with Crippen LogP contribution in [0.3, 0.4) is 0 Å². The number of sulfonamides is 1. The molecule has 0 aromatic heterocycles. The molecule has 0 amide bonds. The van der Waals surface area contributed by atoms with E-state index in [0.29, 0.717) is 22.7 Å². The third kappa shape index (κ3) is 3.86. The van der Waals surface area contributed by atoms with Crippen LogP contribution in [0.25, 0.3) is 0 Å². The van der Waals surface area contributed by atoms with E-state index in [2.05, 4.69) is 10.8 Å². The average Bonchev–Trinajstić information content (AvgIpc) is 2.44. The van der Waals surface area contributed by atoms with Gasteiger partial charge in [-0.3, -0.25) is 0 Å². The summed E-state index contributed by atoms with van der Waals surface area (Å²) in [4.78, 5) is 0.320. The van der Waals surface area contributed by atoms with Gasteiger partial charge in [-0.25, -0.2) is 13.1 Å². The van der Waals surface area contributed by atoms with Crippen LogP contribution in [0.5, 0.6) is 0 Å². The molecule has 0 saturated heterocycles. The molecule has 116 valence electrons. The van der Waals surface area contributed by atoms with Crippen LogP contribution in [0.1, 0.15) is 43.2 Å². The molecule has 1 aromatic carbocycles. The van der Waals surface area contributed by atoms with Gasteiger partial charge in [-0.15, -0.1) is 0 Å². The first kappa shape index (κ1) is 16.0. The second-order valence-electron chi connectivity index (χ2n) is 5.68. The Morgan fingerprint density at radius 1 is 1.24 bits per heavy atom. The van der Waals surface area contributed by atoms with Gasteiger partial charge in [0.1, 0.15) is 0 Å². The minimum atomic E-state index is -3.50. The normalized spacial score (nSPS) is 15.8. The van der Waals surface area contributed by atoms with E-state index in [1.54, 1.807) is 26.0 Å². The molecule has 5 heteroatoms. The number of rotatable bonds is 5. The van der Waals surface area contributed by atoms with E-state index in [4.69, 9.17) is 5.73 Å². The summed E-state index contributed by atoms with van der Waals surface area (Å²) in [5, 5.41) is 0. The van der Waals surface area contributed by atoms with Crippen LogP contribution in [0.4, 0.5) is 5.69 Å². The topological polar surface area (TPSA) is 72.2 Å². The third-order valence-electron chi connectivity index (χ3n) is 4.04. The molecule has 0 atom stereocenters. The van der Waals surface area contributed by atoms with Gasteiger partial charge < -0.3 is 5.73 Å². The van der Waals surface area contributed by atoms with Gasteiger partial charge in [-0.1, -0.05) is 17.7 Å². The number of aryl methyl sites for hydroxylation is 1. The van der Waals surface area contributed by atoms with Crippen LogP contribution in [-0.4, -0.2) is 15.0 Å². The number of anilines is 1. The highest BCUT2D eigenvalue weighted by molar-refractivity contribution is 7.89. The van der Waals surface area contributed by atoms with Gasteiger partial charge in [0.2, 0.25) is 10.0 Å². The Hall–Kier alpha value is -1.33. The van der Waals surface area contributed by atoms with Crippen molar-refractivity contribution in [2.45, 2.75) is 50.8 Å². The van der Waals surface area contributed by atoms with E-state index in [1.807, 2.05) is 0 Å². The maximum absolute atomic E-state index is 12.5. The average molecular weight is 308 g/mol. The summed E-state index contributed by atoms with van der Waals surface area (Å²) in [6.45, 7) is 3.99. The van der Waals surface area contributed by atoms with Crippen LogP contribution < -0.4 is 10.5 Å². The highest BCUT2D eigenvalue weighted by Crippen LogP contribution is 2.25. The van der Waals surface area contributed by atoms with E-state index in [-0.39, 0.29) is 0 Å². The molecule has 4 nitrogen and oxygen atoms in total. The van der Waals surface area contributed by atoms with Crippen molar-refractivity contribution in [3.05, 3.63) is 34.9 Å². The molecule has 2 rings (SSSR count). The van der Waals surface area contributed by atoms with Gasteiger partial charge in [-0.2, -0.15) is 0 Å². The lowest BCUT2D eigenvalue weighted by atomic mass is 9.97. The molecular formula is C16H24N2O2S. The van der Waals surface area contributed by atoms with Gasteiger partial charge in [0.05, 0.1) is 4.90 Å². The molecule has 1 aliphatic carbocycles. The smallest absolute Gasteiger partial charge is 0.241 e. The van der Waals surface area contributed by atoms with Gasteiger partial charge in [-0.05, 0) is 63.1 Å². The third-order valence-corrected chi connectivity index (χ3v) is 5.79. The van der Waals surface area contributed by atoms with E-state index < -0.39 is 10.0 Å². The molecule has 0 radical (unpaired) electrons. The van der Waals surface area contributed by atoms with Crippen LogP contribution in [0.2, 0.25) is 0 Å². The van der Waals surface area contributed by atoms with Crippen molar-refractivity contribution in [3.63, 3.8) is 0 Å². The molecule has 0 saturated carbocycles. The van der Waals surface area contributed by atoms with Crippen LogP contribution in [0, 0.1) is 13.8 Å². The standard InChI is InChI=1S/C16H24N2O2S/c1-12-8-9-15(17)13(2)16(12)21(19,20)18-11-10-14-6-4-3-5-7-14/h6,8-9,18H,3-5,7,10-11,17H2,1-2H3. The van der Waals surface area contributed by atoms with Gasteiger partial charge in [0, 0.05) is 12.2 Å². The summed E-state index contributed by atoms with van der Waals surface area (Å²) in [5.74, 6) is 0. The van der Waals surface area contributed by atoms with Crippen LogP contribution in [-0.2, 0) is 10.0 Å². The number of nitrogens with one attached hydrogen (secondary N) is 1. The van der Waals surface area contributed by atoms with E-state index in [1.165, 1.54) is 18.4 Å². The zero-order valence-corrected chi connectivity index (χ0v) is 13.6.